The summed E-state index contributed by atoms with van der Waals surface area (Å²) in [6.45, 7) is 1.70. The summed E-state index contributed by atoms with van der Waals surface area (Å²) in [6.07, 6.45) is 21.9. The van der Waals surface area contributed by atoms with Crippen LogP contribution >= 0.6 is 0 Å². The predicted molar refractivity (Wildman–Crippen MR) is 109 cm³/mol. The van der Waals surface area contributed by atoms with E-state index in [1.54, 1.807) is 6.92 Å². The molecular weight excluding hydrogens is 363 g/mol. The quantitative estimate of drug-likeness (QED) is 0.184. The second-order valence-corrected chi connectivity index (χ2v) is 9.10. The summed E-state index contributed by atoms with van der Waals surface area (Å²) in [5.74, 6) is 0.349. The molecule has 0 bridgehead atoms. The standard InChI is InChI=1S/C19H37O.Na.H2O4S/c1-3-4-5-6-7-8-9-10-11-12-13-14-15-16-17-18-19(2)20;;1-5(2,3)4/h1,3-18H2,2H3;;(H2,1,2,3,4). The van der Waals surface area contributed by atoms with Crippen molar-refractivity contribution in [2.45, 2.75) is 113 Å². The number of hydrogen-bond acceptors (Lipinski definition) is 3. The maximum atomic E-state index is 10.8. The Balaban J connectivity index is 0. The molecule has 0 aliphatic rings. The molecule has 0 aliphatic carbocycles. The largest absolute Gasteiger partial charge is 0.394 e. The minimum absolute atomic E-state index is 0.349. The molecule has 2 N–H and O–H groups in total. The molecule has 0 heterocycles. The number of Topliss-reactive ketones (excluding diaryl/α,β-unsaturated/α-hetero) is 1. The topological polar surface area (TPSA) is 91.7 Å². The zero-order valence-corrected chi connectivity index (χ0v) is 19.9. The molecule has 0 aromatic heterocycles. The molecule has 0 fully saturated rings. The first-order chi connectivity index (χ1) is 12.3. The normalized spacial score (nSPS) is 11.1. The van der Waals surface area contributed by atoms with Crippen molar-refractivity contribution in [1.82, 2.24) is 0 Å². The number of ketones is 1. The third kappa shape index (κ3) is 39.6. The Bertz CT molecular complexity index is 391. The molecule has 0 saturated carbocycles. The molecule has 0 aromatic rings. The fourth-order valence-corrected chi connectivity index (χ4v) is 3.42. The molecule has 0 amide bonds. The van der Waals surface area contributed by atoms with E-state index < -0.39 is 10.4 Å². The van der Waals surface area contributed by atoms with Crippen LogP contribution in [0.4, 0.5) is 0 Å². The van der Waals surface area contributed by atoms with Gasteiger partial charge in [0.15, 0.2) is 0 Å². The van der Waals surface area contributed by atoms with E-state index in [2.05, 4.69) is 0 Å². The Morgan fingerprint density at radius 2 is 0.885 bits per heavy atom. The minimum atomic E-state index is -4.67. The van der Waals surface area contributed by atoms with Gasteiger partial charge in [-0.15, -0.1) is 0 Å². The van der Waals surface area contributed by atoms with Crippen LogP contribution in [0.15, 0.2) is 0 Å². The van der Waals surface area contributed by atoms with Crippen LogP contribution in [-0.2, 0) is 15.2 Å². The SMILES string of the molecule is CC(=O)CCCCCCCCCCCCCCCC[CH2][Na].O=S(=O)(O)O. The third-order valence-electron chi connectivity index (χ3n) is 4.38. The Kier molecular flexibility index (Phi) is 24.1. The van der Waals surface area contributed by atoms with Gasteiger partial charge in [0, 0.05) is 6.42 Å². The van der Waals surface area contributed by atoms with Crippen LogP contribution < -0.4 is 0 Å². The number of hydrogen-bond donors (Lipinski definition) is 2. The molecule has 26 heavy (non-hydrogen) atoms. The summed E-state index contributed by atoms with van der Waals surface area (Å²) in [7, 11) is -4.67. The third-order valence-corrected chi connectivity index (χ3v) is 5.09. The molecule has 0 rings (SSSR count). The van der Waals surface area contributed by atoms with Gasteiger partial charge >= 0.3 is 113 Å². The first-order valence-electron chi connectivity index (χ1n) is 10.5. The summed E-state index contributed by atoms with van der Waals surface area (Å²) in [6, 6.07) is 0. The van der Waals surface area contributed by atoms with E-state index >= 15 is 0 Å². The van der Waals surface area contributed by atoms with Crippen molar-refractivity contribution in [1.29, 1.82) is 0 Å². The van der Waals surface area contributed by atoms with Crippen LogP contribution in [-0.4, -0.2) is 51.2 Å². The van der Waals surface area contributed by atoms with Crippen LogP contribution in [0, 0.1) is 0 Å². The number of carbonyl (C=O) groups is 1. The van der Waals surface area contributed by atoms with E-state index in [1.165, 1.54) is 121 Å². The summed E-state index contributed by atoms with van der Waals surface area (Å²) < 4.78 is 33.1. The van der Waals surface area contributed by atoms with Gasteiger partial charge in [-0.05, 0) is 13.3 Å². The van der Waals surface area contributed by atoms with Crippen LogP contribution in [0.3, 0.4) is 0 Å². The van der Waals surface area contributed by atoms with Crippen molar-refractivity contribution >= 4 is 44.1 Å². The first-order valence-corrected chi connectivity index (χ1v) is 13.3. The van der Waals surface area contributed by atoms with Gasteiger partial charge in [-0.1, -0.05) is 19.3 Å². The van der Waals surface area contributed by atoms with Gasteiger partial charge in [0.25, 0.3) is 0 Å². The first kappa shape index (κ1) is 28.7. The van der Waals surface area contributed by atoms with Crippen LogP contribution in [0.1, 0.15) is 110 Å². The fraction of sp³-hybridized carbons (Fsp3) is 0.947. The Morgan fingerprint density at radius 1 is 0.654 bits per heavy atom. The zero-order valence-electron chi connectivity index (χ0n) is 17.0. The molecule has 152 valence electrons. The summed E-state index contributed by atoms with van der Waals surface area (Å²) >= 11 is 1.40. The van der Waals surface area contributed by atoms with E-state index in [1.807, 2.05) is 0 Å². The number of unbranched alkanes of at least 4 members (excludes halogenated alkanes) is 14. The molecule has 0 aromatic carbocycles. The Hall–Kier alpha value is 0.540. The second kappa shape index (κ2) is 21.8. The van der Waals surface area contributed by atoms with Gasteiger partial charge in [-0.3, -0.25) is 9.11 Å². The van der Waals surface area contributed by atoms with E-state index in [-0.39, 0.29) is 0 Å². The molecule has 5 nitrogen and oxygen atoms in total. The van der Waals surface area contributed by atoms with Crippen molar-refractivity contribution in [3.63, 3.8) is 0 Å². The van der Waals surface area contributed by atoms with Crippen LogP contribution in [0.25, 0.3) is 0 Å². The molecule has 0 radical (unpaired) electrons. The Morgan fingerprint density at radius 3 is 1.12 bits per heavy atom. The molecule has 0 atom stereocenters. The average molecular weight is 403 g/mol. The molecule has 0 spiro atoms. The van der Waals surface area contributed by atoms with Crippen molar-refractivity contribution < 1.29 is 22.3 Å². The minimum Gasteiger partial charge on any atom is -0.264 e. The smallest absolute Gasteiger partial charge is 0.264 e. The van der Waals surface area contributed by atoms with E-state index in [4.69, 9.17) is 17.5 Å². The van der Waals surface area contributed by atoms with Gasteiger partial charge in [-0.25, -0.2) is 0 Å². The van der Waals surface area contributed by atoms with Crippen LogP contribution in [0.5, 0.6) is 0 Å². The van der Waals surface area contributed by atoms with Gasteiger partial charge in [0.1, 0.15) is 5.78 Å². The molecule has 0 saturated heterocycles. The average Bonchev–Trinajstić information content (AvgIpc) is 2.52. The van der Waals surface area contributed by atoms with Gasteiger partial charge < -0.3 is 4.79 Å². The van der Waals surface area contributed by atoms with Crippen molar-refractivity contribution in [2.24, 2.45) is 0 Å². The van der Waals surface area contributed by atoms with Gasteiger partial charge in [0.05, 0.1) is 0 Å². The summed E-state index contributed by atoms with van der Waals surface area (Å²) in [5.41, 5.74) is 0. The molecule has 0 aliphatic heterocycles. The van der Waals surface area contributed by atoms with E-state index in [0.717, 1.165) is 12.8 Å². The molecule has 0 unspecified atom stereocenters. The van der Waals surface area contributed by atoms with E-state index in [0.29, 0.717) is 5.78 Å². The maximum Gasteiger partial charge on any atom is 0.394 e. The predicted octanol–water partition coefficient (Wildman–Crippen LogP) is 5.75. The summed E-state index contributed by atoms with van der Waals surface area (Å²) in [4.78, 5) is 10.8. The van der Waals surface area contributed by atoms with Crippen molar-refractivity contribution in [3.8, 4) is 0 Å². The van der Waals surface area contributed by atoms with E-state index in [9.17, 15) is 4.79 Å². The Labute approximate surface area is 179 Å². The maximum absolute atomic E-state index is 10.8. The molecule has 7 heteroatoms. The molecular formula is C19H39NaO5S. The second-order valence-electron chi connectivity index (χ2n) is 7.20. The van der Waals surface area contributed by atoms with Gasteiger partial charge in [-0.2, -0.15) is 8.42 Å². The van der Waals surface area contributed by atoms with Crippen molar-refractivity contribution in [2.75, 3.05) is 0 Å². The fourth-order valence-electron chi connectivity index (χ4n) is 2.92. The number of rotatable bonds is 17. The zero-order chi connectivity index (χ0) is 20.1. The summed E-state index contributed by atoms with van der Waals surface area (Å²) in [5, 5.41) is 0. The van der Waals surface area contributed by atoms with Crippen LogP contribution in [0.2, 0.25) is 3.67 Å². The number of carbonyl (C=O) groups excluding carboxylic acids is 1. The monoisotopic (exact) mass is 402 g/mol. The van der Waals surface area contributed by atoms with Crippen molar-refractivity contribution in [3.05, 3.63) is 0 Å². The van der Waals surface area contributed by atoms with Gasteiger partial charge in [0.2, 0.25) is 0 Å².